The van der Waals surface area contributed by atoms with Gasteiger partial charge in [0.2, 0.25) is 0 Å². The molecule has 1 aromatic heterocycles. The second-order valence-corrected chi connectivity index (χ2v) is 6.14. The van der Waals surface area contributed by atoms with E-state index in [1.807, 2.05) is 0 Å². The van der Waals surface area contributed by atoms with E-state index in [1.165, 1.54) is 30.5 Å². The summed E-state index contributed by atoms with van der Waals surface area (Å²) in [6.45, 7) is 0. The SMILES string of the molecule is O=S(=O)(c1ccc(Cl)nc1)[C@H]1C=C(F)C=CC1. The molecule has 0 aliphatic heterocycles. The van der Waals surface area contributed by atoms with E-state index < -0.39 is 20.9 Å². The Morgan fingerprint density at radius 1 is 1.41 bits per heavy atom. The van der Waals surface area contributed by atoms with E-state index in [0.717, 1.165) is 6.08 Å². The molecule has 0 amide bonds. The molecule has 17 heavy (non-hydrogen) atoms. The van der Waals surface area contributed by atoms with Gasteiger partial charge in [0.15, 0.2) is 9.84 Å². The van der Waals surface area contributed by atoms with Crippen molar-refractivity contribution in [3.05, 3.63) is 47.5 Å². The highest BCUT2D eigenvalue weighted by Crippen LogP contribution is 2.24. The van der Waals surface area contributed by atoms with Gasteiger partial charge >= 0.3 is 0 Å². The van der Waals surface area contributed by atoms with Crippen LogP contribution >= 0.6 is 11.6 Å². The first-order chi connectivity index (χ1) is 8.00. The molecule has 0 spiro atoms. The molecule has 2 rings (SSSR count). The third kappa shape index (κ3) is 2.56. The molecule has 90 valence electrons. The van der Waals surface area contributed by atoms with Crippen molar-refractivity contribution >= 4 is 21.4 Å². The second-order valence-electron chi connectivity index (χ2n) is 3.59. The number of nitrogens with zero attached hydrogens (tertiary/aromatic N) is 1. The van der Waals surface area contributed by atoms with Crippen molar-refractivity contribution in [1.29, 1.82) is 0 Å². The Morgan fingerprint density at radius 3 is 2.76 bits per heavy atom. The minimum Gasteiger partial charge on any atom is -0.243 e. The summed E-state index contributed by atoms with van der Waals surface area (Å²) in [6.07, 6.45) is 5.30. The van der Waals surface area contributed by atoms with Gasteiger partial charge in [0.05, 0.1) is 10.1 Å². The number of aromatic nitrogens is 1. The average molecular weight is 274 g/mol. The van der Waals surface area contributed by atoms with E-state index >= 15 is 0 Å². The monoisotopic (exact) mass is 273 g/mol. The number of hydrogen-bond donors (Lipinski definition) is 0. The fraction of sp³-hybridized carbons (Fsp3) is 0.182. The lowest BCUT2D eigenvalue weighted by Crippen LogP contribution is -2.20. The van der Waals surface area contributed by atoms with Gasteiger partial charge in [-0.2, -0.15) is 0 Å². The normalized spacial score (nSPS) is 20.1. The second kappa shape index (κ2) is 4.58. The van der Waals surface area contributed by atoms with Gasteiger partial charge in [-0.3, -0.25) is 0 Å². The molecule has 1 aliphatic carbocycles. The van der Waals surface area contributed by atoms with Crippen LogP contribution in [0.4, 0.5) is 4.39 Å². The molecule has 1 heterocycles. The van der Waals surface area contributed by atoms with Gasteiger partial charge < -0.3 is 0 Å². The lowest BCUT2D eigenvalue weighted by Gasteiger charge is -2.14. The molecule has 6 heteroatoms. The van der Waals surface area contributed by atoms with Crippen LogP contribution in [0, 0.1) is 0 Å². The Labute approximate surface area is 104 Å². The Bertz CT molecular complexity index is 578. The zero-order valence-electron chi connectivity index (χ0n) is 8.68. The fourth-order valence-corrected chi connectivity index (χ4v) is 3.13. The van der Waals surface area contributed by atoms with Gasteiger partial charge in [-0.05, 0) is 30.7 Å². The van der Waals surface area contributed by atoms with E-state index in [4.69, 9.17) is 11.6 Å². The van der Waals surface area contributed by atoms with Gasteiger partial charge in [0, 0.05) is 6.20 Å². The maximum Gasteiger partial charge on any atom is 0.186 e. The molecule has 0 saturated carbocycles. The standard InChI is InChI=1S/C11H9ClFNO2S/c12-11-5-4-10(7-14-11)17(15,16)9-3-1-2-8(13)6-9/h1-2,4-7,9H,3H2/t9-/m1/s1. The molecule has 1 atom stereocenters. The third-order valence-electron chi connectivity index (χ3n) is 2.42. The van der Waals surface area contributed by atoms with Gasteiger partial charge in [-0.25, -0.2) is 17.8 Å². The quantitative estimate of drug-likeness (QED) is 0.779. The molecule has 0 N–H and O–H groups in total. The summed E-state index contributed by atoms with van der Waals surface area (Å²) in [5, 5.41) is -0.662. The average Bonchev–Trinajstić information content (AvgIpc) is 2.29. The summed E-state index contributed by atoms with van der Waals surface area (Å²) in [6, 6.07) is 2.77. The largest absolute Gasteiger partial charge is 0.243 e. The van der Waals surface area contributed by atoms with Gasteiger partial charge in [0.1, 0.15) is 11.0 Å². The zero-order valence-corrected chi connectivity index (χ0v) is 10.2. The van der Waals surface area contributed by atoms with Crippen LogP contribution in [0.25, 0.3) is 0 Å². The molecule has 0 bridgehead atoms. The molecular weight excluding hydrogens is 265 g/mol. The first kappa shape index (κ1) is 12.3. The van der Waals surface area contributed by atoms with Crippen LogP contribution < -0.4 is 0 Å². The molecule has 0 fully saturated rings. The minimum atomic E-state index is -3.60. The summed E-state index contributed by atoms with van der Waals surface area (Å²) < 4.78 is 37.2. The first-order valence-electron chi connectivity index (χ1n) is 4.89. The number of halogens is 2. The highest BCUT2D eigenvalue weighted by molar-refractivity contribution is 7.92. The van der Waals surface area contributed by atoms with Crippen molar-refractivity contribution in [3.8, 4) is 0 Å². The van der Waals surface area contributed by atoms with E-state index in [0.29, 0.717) is 0 Å². The Kier molecular flexibility index (Phi) is 3.31. The van der Waals surface area contributed by atoms with Crippen LogP contribution in [0.3, 0.4) is 0 Å². The highest BCUT2D eigenvalue weighted by atomic mass is 35.5. The van der Waals surface area contributed by atoms with E-state index in [-0.39, 0.29) is 16.5 Å². The summed E-state index contributed by atoms with van der Waals surface area (Å²) >= 11 is 5.58. The summed E-state index contributed by atoms with van der Waals surface area (Å²) in [5.41, 5.74) is 0. The number of allylic oxidation sites excluding steroid dienone is 3. The van der Waals surface area contributed by atoms with Gasteiger partial charge in [-0.15, -0.1) is 0 Å². The fourth-order valence-electron chi connectivity index (χ4n) is 1.54. The number of hydrogen-bond acceptors (Lipinski definition) is 3. The minimum absolute atomic E-state index is 0.0475. The lowest BCUT2D eigenvalue weighted by atomic mass is 10.2. The van der Waals surface area contributed by atoms with Gasteiger partial charge in [-0.1, -0.05) is 17.7 Å². The first-order valence-corrected chi connectivity index (χ1v) is 6.82. The highest BCUT2D eigenvalue weighted by Gasteiger charge is 2.27. The molecule has 0 radical (unpaired) electrons. The summed E-state index contributed by atoms with van der Waals surface area (Å²) in [4.78, 5) is 3.76. The van der Waals surface area contributed by atoms with Crippen LogP contribution in [0.2, 0.25) is 5.15 Å². The lowest BCUT2D eigenvalue weighted by molar-refractivity contribution is 0.583. The third-order valence-corrected chi connectivity index (χ3v) is 4.67. The Morgan fingerprint density at radius 2 is 2.18 bits per heavy atom. The predicted molar refractivity (Wildman–Crippen MR) is 63.2 cm³/mol. The molecule has 0 saturated heterocycles. The Hall–Kier alpha value is -1.20. The number of pyridine rings is 1. The van der Waals surface area contributed by atoms with Gasteiger partial charge in [0.25, 0.3) is 0 Å². The summed E-state index contributed by atoms with van der Waals surface area (Å²) in [5.74, 6) is -0.535. The van der Waals surface area contributed by atoms with Crippen molar-refractivity contribution in [2.45, 2.75) is 16.6 Å². The van der Waals surface area contributed by atoms with Crippen molar-refractivity contribution in [3.63, 3.8) is 0 Å². The van der Waals surface area contributed by atoms with Crippen LogP contribution in [0.1, 0.15) is 6.42 Å². The summed E-state index contributed by atoms with van der Waals surface area (Å²) in [7, 11) is -3.60. The maximum atomic E-state index is 13.0. The van der Waals surface area contributed by atoms with E-state index in [2.05, 4.69) is 4.98 Å². The van der Waals surface area contributed by atoms with E-state index in [9.17, 15) is 12.8 Å². The van der Waals surface area contributed by atoms with Crippen molar-refractivity contribution in [2.24, 2.45) is 0 Å². The molecule has 0 aromatic carbocycles. The number of sulfone groups is 1. The molecule has 3 nitrogen and oxygen atoms in total. The van der Waals surface area contributed by atoms with Crippen LogP contribution in [0.5, 0.6) is 0 Å². The van der Waals surface area contributed by atoms with Crippen molar-refractivity contribution < 1.29 is 12.8 Å². The maximum absolute atomic E-state index is 13.0. The predicted octanol–water partition coefficient (Wildman–Crippen LogP) is 2.69. The topological polar surface area (TPSA) is 47.0 Å². The molecule has 0 unspecified atom stereocenters. The van der Waals surface area contributed by atoms with Crippen molar-refractivity contribution in [2.75, 3.05) is 0 Å². The van der Waals surface area contributed by atoms with Crippen LogP contribution in [0.15, 0.2) is 47.3 Å². The number of rotatable bonds is 2. The van der Waals surface area contributed by atoms with Crippen LogP contribution in [-0.4, -0.2) is 18.7 Å². The zero-order chi connectivity index (χ0) is 12.5. The molecule has 1 aliphatic rings. The smallest absolute Gasteiger partial charge is 0.186 e. The molecule has 1 aromatic rings. The van der Waals surface area contributed by atoms with Crippen LogP contribution in [-0.2, 0) is 9.84 Å². The van der Waals surface area contributed by atoms with Crippen molar-refractivity contribution in [1.82, 2.24) is 4.98 Å². The molecular formula is C11H9ClFNO2S. The van der Waals surface area contributed by atoms with E-state index in [1.54, 1.807) is 0 Å². The Balaban J connectivity index is 2.37.